The van der Waals surface area contributed by atoms with Crippen molar-refractivity contribution < 1.29 is 4.42 Å². The van der Waals surface area contributed by atoms with Gasteiger partial charge < -0.3 is 14.2 Å². The summed E-state index contributed by atoms with van der Waals surface area (Å²) in [6.07, 6.45) is 0. The van der Waals surface area contributed by atoms with Crippen molar-refractivity contribution in [1.82, 2.24) is 0 Å². The van der Waals surface area contributed by atoms with E-state index in [2.05, 4.69) is 240 Å². The molecule has 1 aliphatic rings. The van der Waals surface area contributed by atoms with Gasteiger partial charge in [-0.05, 0) is 118 Å². The van der Waals surface area contributed by atoms with Crippen molar-refractivity contribution in [3.05, 3.63) is 248 Å². The van der Waals surface area contributed by atoms with Gasteiger partial charge in [0.2, 0.25) is 0 Å². The first-order valence-electron chi connectivity index (χ1n) is 21.8. The van der Waals surface area contributed by atoms with Gasteiger partial charge in [0, 0.05) is 61.5 Å². The molecule has 10 aromatic carbocycles. The third-order valence-corrected chi connectivity index (χ3v) is 12.6. The molecule has 0 radical (unpaired) electrons. The molecule has 0 N–H and O–H groups in total. The smallest absolute Gasteiger partial charge is 0.141 e. The summed E-state index contributed by atoms with van der Waals surface area (Å²) in [7, 11) is 0. The fourth-order valence-corrected chi connectivity index (χ4v) is 9.45. The van der Waals surface area contributed by atoms with Gasteiger partial charge in [0.1, 0.15) is 11.2 Å². The zero-order valence-electron chi connectivity index (χ0n) is 34.9. The van der Waals surface area contributed by atoms with Crippen molar-refractivity contribution in [2.45, 2.75) is 6.54 Å². The lowest BCUT2D eigenvalue weighted by Gasteiger charge is -2.34. The van der Waals surface area contributed by atoms with Crippen LogP contribution in [0.25, 0.3) is 77.6 Å². The Bertz CT molecular complexity index is 3330. The fraction of sp³-hybridized carbons (Fsp3) is 0.0164. The number of hydrogen-bond acceptors (Lipinski definition) is 3. The van der Waals surface area contributed by atoms with E-state index in [1.807, 2.05) is 12.1 Å². The fourth-order valence-electron chi connectivity index (χ4n) is 9.45. The summed E-state index contributed by atoms with van der Waals surface area (Å²) in [5.74, 6) is 0. The molecule has 0 spiro atoms. The molecule has 0 saturated heterocycles. The number of nitrogens with zero attached hydrogens (tertiary/aromatic N) is 2. The number of anilines is 5. The number of benzene rings is 9. The van der Waals surface area contributed by atoms with E-state index in [1.165, 1.54) is 44.6 Å². The van der Waals surface area contributed by atoms with Gasteiger partial charge in [-0.3, -0.25) is 0 Å². The van der Waals surface area contributed by atoms with Crippen molar-refractivity contribution >= 4 is 50.4 Å². The van der Waals surface area contributed by atoms with Gasteiger partial charge in [-0.1, -0.05) is 164 Å². The maximum atomic E-state index is 6.72. The number of hydrogen-bond donors (Lipinski definition) is 0. The molecule has 0 aliphatic carbocycles. The molecule has 1 aliphatic heterocycles. The van der Waals surface area contributed by atoms with E-state index in [0.29, 0.717) is 6.54 Å². The normalized spacial score (nSPS) is 11.8. The van der Waals surface area contributed by atoms with Crippen LogP contribution in [0.15, 0.2) is 235 Å². The average Bonchev–Trinajstić information content (AvgIpc) is 3.76. The van der Waals surface area contributed by atoms with E-state index < -0.39 is 0 Å². The van der Waals surface area contributed by atoms with Crippen LogP contribution in [0.2, 0.25) is 0 Å². The van der Waals surface area contributed by atoms with Crippen LogP contribution in [-0.2, 0) is 6.54 Å². The van der Waals surface area contributed by atoms with E-state index in [9.17, 15) is 0 Å². The molecule has 2 heterocycles. The van der Waals surface area contributed by atoms with Gasteiger partial charge in [0.15, 0.2) is 0 Å². The summed E-state index contributed by atoms with van der Waals surface area (Å²) >= 11 is 0. The third-order valence-electron chi connectivity index (χ3n) is 12.6. The SMILES string of the molecule is c1cccc(-c2ccc(N(c3ccc(-c4ccccc4)cc3)c3ccc(-c4ccc(-c5cc6c(oc7ccccc76)c6c5-c5ccccc5N(c5ccccc5)C6)cc4)cc3)cc2)c#1. The molecule has 0 fully saturated rings. The molecule has 11 aromatic rings. The van der Waals surface area contributed by atoms with E-state index >= 15 is 0 Å². The highest BCUT2D eigenvalue weighted by atomic mass is 16.3. The number of furan rings is 1. The van der Waals surface area contributed by atoms with Crippen LogP contribution in [-0.4, -0.2) is 0 Å². The first-order chi connectivity index (χ1) is 31.7. The van der Waals surface area contributed by atoms with Gasteiger partial charge in [-0.2, -0.15) is 0 Å². The first-order valence-corrected chi connectivity index (χ1v) is 21.8. The summed E-state index contributed by atoms with van der Waals surface area (Å²) in [6.45, 7) is 0.702. The highest BCUT2D eigenvalue weighted by Gasteiger charge is 2.30. The summed E-state index contributed by atoms with van der Waals surface area (Å²) in [5, 5.41) is 2.27. The van der Waals surface area contributed by atoms with Crippen LogP contribution in [0.5, 0.6) is 0 Å². The Balaban J connectivity index is 0.914. The molecule has 3 nitrogen and oxygen atoms in total. The Morgan fingerprint density at radius 2 is 0.984 bits per heavy atom. The minimum absolute atomic E-state index is 0.702. The van der Waals surface area contributed by atoms with Gasteiger partial charge in [-0.15, -0.1) is 0 Å². The largest absolute Gasteiger partial charge is 0.456 e. The van der Waals surface area contributed by atoms with Crippen molar-refractivity contribution in [2.75, 3.05) is 9.80 Å². The maximum Gasteiger partial charge on any atom is 0.141 e. The highest BCUT2D eigenvalue weighted by molar-refractivity contribution is 6.12. The Labute approximate surface area is 373 Å². The van der Waals surface area contributed by atoms with E-state index in [0.717, 1.165) is 66.9 Å². The zero-order valence-corrected chi connectivity index (χ0v) is 34.9. The van der Waals surface area contributed by atoms with Crippen molar-refractivity contribution in [3.63, 3.8) is 0 Å². The molecular weight excluding hydrogens is 777 g/mol. The van der Waals surface area contributed by atoms with E-state index in [1.54, 1.807) is 0 Å². The van der Waals surface area contributed by atoms with E-state index in [-0.39, 0.29) is 0 Å². The summed E-state index contributed by atoms with van der Waals surface area (Å²) in [6, 6.07) is 88.6. The molecule has 1 aromatic heterocycles. The highest BCUT2D eigenvalue weighted by Crippen LogP contribution is 2.51. The lowest BCUT2D eigenvalue weighted by molar-refractivity contribution is 0.662. The van der Waals surface area contributed by atoms with Gasteiger partial charge in [0.05, 0.1) is 6.54 Å². The summed E-state index contributed by atoms with van der Waals surface area (Å²) < 4.78 is 6.72. The second-order valence-electron chi connectivity index (χ2n) is 16.3. The zero-order chi connectivity index (χ0) is 42.4. The Morgan fingerprint density at radius 1 is 0.438 bits per heavy atom. The van der Waals surface area contributed by atoms with Crippen molar-refractivity contribution in [1.29, 1.82) is 0 Å². The number of para-hydroxylation sites is 3. The molecule has 3 heteroatoms. The van der Waals surface area contributed by atoms with Crippen LogP contribution in [0, 0.1) is 12.1 Å². The van der Waals surface area contributed by atoms with Crippen LogP contribution < -0.4 is 9.80 Å². The van der Waals surface area contributed by atoms with Gasteiger partial charge >= 0.3 is 0 Å². The Morgan fingerprint density at radius 3 is 1.64 bits per heavy atom. The number of fused-ring (bicyclic) bond motifs is 7. The summed E-state index contributed by atoms with van der Waals surface area (Å²) in [4.78, 5) is 4.74. The van der Waals surface area contributed by atoms with Crippen LogP contribution in [0.3, 0.4) is 0 Å². The standard InChI is InChI=1S/C61H40N2O/c1-4-14-42(15-5-1)45-28-34-50(35-29-45)63(51-36-30-46(31-37-51)43-16-6-2-7-17-43)52-38-32-47(33-39-52)44-24-26-48(27-25-44)55-40-56-53-20-11-13-23-59(53)64-61(56)57-41-62(49-18-8-3-9-19-49)58-22-12-10-21-54(58)60(55)57/h1-6,8-16,18-40H,41H2. The predicted molar refractivity (Wildman–Crippen MR) is 266 cm³/mol. The second-order valence-corrected chi connectivity index (χ2v) is 16.3. The lowest BCUT2D eigenvalue weighted by atomic mass is 9.84. The Kier molecular flexibility index (Phi) is 9.13. The molecule has 300 valence electrons. The molecule has 0 amide bonds. The van der Waals surface area contributed by atoms with Crippen molar-refractivity contribution in [2.24, 2.45) is 0 Å². The molecule has 64 heavy (non-hydrogen) atoms. The maximum absolute atomic E-state index is 6.72. The quantitative estimate of drug-likeness (QED) is 0.152. The molecule has 0 saturated carbocycles. The molecule has 0 atom stereocenters. The predicted octanol–water partition coefficient (Wildman–Crippen LogP) is 16.6. The molecular formula is C61H40N2O. The minimum Gasteiger partial charge on any atom is -0.456 e. The van der Waals surface area contributed by atoms with Crippen LogP contribution in [0.4, 0.5) is 28.4 Å². The molecule has 12 rings (SSSR count). The van der Waals surface area contributed by atoms with Crippen LogP contribution in [0.1, 0.15) is 5.56 Å². The van der Waals surface area contributed by atoms with Crippen molar-refractivity contribution in [3.8, 4) is 55.6 Å². The lowest BCUT2D eigenvalue weighted by Crippen LogP contribution is -2.22. The van der Waals surface area contributed by atoms with Gasteiger partial charge in [-0.25, -0.2) is 0 Å². The monoisotopic (exact) mass is 816 g/mol. The van der Waals surface area contributed by atoms with Crippen LogP contribution >= 0.6 is 0 Å². The third kappa shape index (κ3) is 6.57. The minimum atomic E-state index is 0.702. The second kappa shape index (κ2) is 15.7. The summed E-state index contributed by atoms with van der Waals surface area (Å²) in [5.41, 5.74) is 20.3. The van der Waals surface area contributed by atoms with E-state index in [4.69, 9.17) is 4.42 Å². The van der Waals surface area contributed by atoms with Gasteiger partial charge in [0.25, 0.3) is 0 Å². The average molecular weight is 817 g/mol. The number of rotatable bonds is 8. The topological polar surface area (TPSA) is 19.6 Å². The molecule has 0 bridgehead atoms. The first kappa shape index (κ1) is 37.2. The molecule has 0 unspecified atom stereocenters. The Hall–Kier alpha value is -8.58.